The SMILES string of the molecule is CC(NCCCC(C)(C)C)c1ccncc1. The molecule has 0 aromatic carbocycles. The van der Waals surface area contributed by atoms with Gasteiger partial charge in [-0.05, 0) is 49.4 Å². The van der Waals surface area contributed by atoms with E-state index in [-0.39, 0.29) is 0 Å². The summed E-state index contributed by atoms with van der Waals surface area (Å²) < 4.78 is 0. The lowest BCUT2D eigenvalue weighted by atomic mass is 9.90. The van der Waals surface area contributed by atoms with Gasteiger partial charge in [-0.1, -0.05) is 20.8 Å². The number of pyridine rings is 1. The van der Waals surface area contributed by atoms with Crippen molar-refractivity contribution >= 4 is 0 Å². The van der Waals surface area contributed by atoms with E-state index < -0.39 is 0 Å². The van der Waals surface area contributed by atoms with E-state index in [0.29, 0.717) is 11.5 Å². The molecule has 0 aliphatic heterocycles. The van der Waals surface area contributed by atoms with Gasteiger partial charge in [0, 0.05) is 18.4 Å². The van der Waals surface area contributed by atoms with E-state index >= 15 is 0 Å². The maximum absolute atomic E-state index is 4.03. The summed E-state index contributed by atoms with van der Waals surface area (Å²) in [5, 5.41) is 3.54. The quantitative estimate of drug-likeness (QED) is 0.767. The lowest BCUT2D eigenvalue weighted by Crippen LogP contribution is -2.21. The molecule has 0 bridgehead atoms. The van der Waals surface area contributed by atoms with Crippen molar-refractivity contribution in [2.75, 3.05) is 6.54 Å². The molecule has 0 radical (unpaired) electrons. The van der Waals surface area contributed by atoms with E-state index in [1.807, 2.05) is 12.4 Å². The molecule has 0 aliphatic rings. The molecule has 16 heavy (non-hydrogen) atoms. The molecular formula is C14H24N2. The Morgan fingerprint density at radius 1 is 1.25 bits per heavy atom. The van der Waals surface area contributed by atoms with Gasteiger partial charge in [0.1, 0.15) is 0 Å². The highest BCUT2D eigenvalue weighted by molar-refractivity contribution is 5.13. The maximum atomic E-state index is 4.03. The third-order valence-corrected chi connectivity index (χ3v) is 2.76. The molecule has 1 rings (SSSR count). The lowest BCUT2D eigenvalue weighted by Gasteiger charge is -2.19. The van der Waals surface area contributed by atoms with Crippen molar-refractivity contribution in [2.24, 2.45) is 5.41 Å². The van der Waals surface area contributed by atoms with Crippen molar-refractivity contribution in [3.8, 4) is 0 Å². The van der Waals surface area contributed by atoms with E-state index in [1.54, 1.807) is 0 Å². The molecule has 1 N–H and O–H groups in total. The second-order valence-corrected chi connectivity index (χ2v) is 5.62. The summed E-state index contributed by atoms with van der Waals surface area (Å²) in [7, 11) is 0. The molecule has 0 aliphatic carbocycles. The molecule has 1 unspecified atom stereocenters. The van der Waals surface area contributed by atoms with Crippen LogP contribution in [0.4, 0.5) is 0 Å². The number of aromatic nitrogens is 1. The number of hydrogen-bond acceptors (Lipinski definition) is 2. The molecule has 0 amide bonds. The zero-order chi connectivity index (χ0) is 12.0. The average molecular weight is 220 g/mol. The Balaban J connectivity index is 2.24. The molecule has 2 nitrogen and oxygen atoms in total. The summed E-state index contributed by atoms with van der Waals surface area (Å²) >= 11 is 0. The van der Waals surface area contributed by atoms with E-state index in [1.165, 1.54) is 18.4 Å². The summed E-state index contributed by atoms with van der Waals surface area (Å²) in [6, 6.07) is 4.56. The van der Waals surface area contributed by atoms with Crippen LogP contribution in [0.1, 0.15) is 52.1 Å². The normalized spacial score (nSPS) is 13.8. The zero-order valence-corrected chi connectivity index (χ0v) is 11.0. The van der Waals surface area contributed by atoms with E-state index in [2.05, 4.69) is 50.1 Å². The van der Waals surface area contributed by atoms with Crippen LogP contribution in [-0.4, -0.2) is 11.5 Å². The summed E-state index contributed by atoms with van der Waals surface area (Å²) in [5.41, 5.74) is 1.76. The van der Waals surface area contributed by atoms with Crippen LogP contribution in [0.2, 0.25) is 0 Å². The molecule has 0 fully saturated rings. The van der Waals surface area contributed by atoms with Crippen molar-refractivity contribution < 1.29 is 0 Å². The van der Waals surface area contributed by atoms with Gasteiger partial charge in [-0.25, -0.2) is 0 Å². The number of nitrogens with one attached hydrogen (secondary N) is 1. The Hall–Kier alpha value is -0.890. The second-order valence-electron chi connectivity index (χ2n) is 5.62. The molecule has 90 valence electrons. The molecule has 0 saturated carbocycles. The second kappa shape index (κ2) is 6.00. The van der Waals surface area contributed by atoms with Gasteiger partial charge >= 0.3 is 0 Å². The van der Waals surface area contributed by atoms with Crippen LogP contribution in [0.15, 0.2) is 24.5 Å². The standard InChI is InChI=1S/C14H24N2/c1-12(13-6-10-15-11-7-13)16-9-5-8-14(2,3)4/h6-7,10-12,16H,5,8-9H2,1-4H3. The highest BCUT2D eigenvalue weighted by Crippen LogP contribution is 2.20. The largest absolute Gasteiger partial charge is 0.310 e. The Morgan fingerprint density at radius 2 is 1.88 bits per heavy atom. The predicted molar refractivity (Wildman–Crippen MR) is 69.3 cm³/mol. The number of hydrogen-bond donors (Lipinski definition) is 1. The Morgan fingerprint density at radius 3 is 2.44 bits per heavy atom. The van der Waals surface area contributed by atoms with Gasteiger partial charge < -0.3 is 5.32 Å². The minimum Gasteiger partial charge on any atom is -0.310 e. The molecule has 0 saturated heterocycles. The van der Waals surface area contributed by atoms with Crippen LogP contribution < -0.4 is 5.32 Å². The number of nitrogens with zero attached hydrogens (tertiary/aromatic N) is 1. The first kappa shape index (κ1) is 13.2. The Labute approximate surface area is 99.5 Å². The van der Waals surface area contributed by atoms with Gasteiger partial charge in [-0.2, -0.15) is 0 Å². The minimum atomic E-state index is 0.419. The van der Waals surface area contributed by atoms with Crippen LogP contribution in [0.5, 0.6) is 0 Å². The first-order valence-electron chi connectivity index (χ1n) is 6.12. The first-order chi connectivity index (χ1) is 7.49. The fourth-order valence-electron chi connectivity index (χ4n) is 1.71. The van der Waals surface area contributed by atoms with Crippen LogP contribution in [0.3, 0.4) is 0 Å². The van der Waals surface area contributed by atoms with Gasteiger partial charge in [-0.3, -0.25) is 4.98 Å². The Bertz CT molecular complexity index is 287. The molecular weight excluding hydrogens is 196 g/mol. The summed E-state index contributed by atoms with van der Waals surface area (Å²) in [5.74, 6) is 0. The van der Waals surface area contributed by atoms with Crippen molar-refractivity contribution in [1.82, 2.24) is 10.3 Å². The Kier molecular flexibility index (Phi) is 4.94. The van der Waals surface area contributed by atoms with Gasteiger partial charge in [0.25, 0.3) is 0 Å². The summed E-state index contributed by atoms with van der Waals surface area (Å²) in [6.45, 7) is 10.2. The highest BCUT2D eigenvalue weighted by atomic mass is 14.9. The van der Waals surface area contributed by atoms with Crippen molar-refractivity contribution in [3.05, 3.63) is 30.1 Å². The highest BCUT2D eigenvalue weighted by Gasteiger charge is 2.09. The average Bonchev–Trinajstić information content (AvgIpc) is 2.24. The van der Waals surface area contributed by atoms with Gasteiger partial charge in [0.2, 0.25) is 0 Å². The first-order valence-corrected chi connectivity index (χ1v) is 6.12. The molecule has 2 heteroatoms. The van der Waals surface area contributed by atoms with E-state index in [0.717, 1.165) is 6.54 Å². The molecule has 1 heterocycles. The molecule has 1 atom stereocenters. The van der Waals surface area contributed by atoms with Crippen LogP contribution in [0, 0.1) is 5.41 Å². The fraction of sp³-hybridized carbons (Fsp3) is 0.643. The van der Waals surface area contributed by atoms with Crippen molar-refractivity contribution in [3.63, 3.8) is 0 Å². The molecule has 1 aromatic rings. The lowest BCUT2D eigenvalue weighted by molar-refractivity contribution is 0.357. The third-order valence-electron chi connectivity index (χ3n) is 2.76. The van der Waals surface area contributed by atoms with E-state index in [9.17, 15) is 0 Å². The fourth-order valence-corrected chi connectivity index (χ4v) is 1.71. The summed E-state index contributed by atoms with van der Waals surface area (Å²) in [4.78, 5) is 4.03. The third kappa shape index (κ3) is 5.26. The monoisotopic (exact) mass is 220 g/mol. The number of rotatable bonds is 5. The van der Waals surface area contributed by atoms with Gasteiger partial charge in [0.05, 0.1) is 0 Å². The van der Waals surface area contributed by atoms with Crippen LogP contribution >= 0.6 is 0 Å². The minimum absolute atomic E-state index is 0.419. The summed E-state index contributed by atoms with van der Waals surface area (Å²) in [6.07, 6.45) is 6.20. The molecule has 1 aromatic heterocycles. The van der Waals surface area contributed by atoms with Crippen molar-refractivity contribution in [1.29, 1.82) is 0 Å². The smallest absolute Gasteiger partial charge is 0.0292 e. The van der Waals surface area contributed by atoms with Crippen molar-refractivity contribution in [2.45, 2.75) is 46.6 Å². The maximum Gasteiger partial charge on any atom is 0.0292 e. The van der Waals surface area contributed by atoms with E-state index in [4.69, 9.17) is 0 Å². The van der Waals surface area contributed by atoms with Gasteiger partial charge in [0.15, 0.2) is 0 Å². The topological polar surface area (TPSA) is 24.9 Å². The van der Waals surface area contributed by atoms with Crippen LogP contribution in [-0.2, 0) is 0 Å². The zero-order valence-electron chi connectivity index (χ0n) is 11.0. The van der Waals surface area contributed by atoms with Gasteiger partial charge in [-0.15, -0.1) is 0 Å². The van der Waals surface area contributed by atoms with Crippen LogP contribution in [0.25, 0.3) is 0 Å². The molecule has 0 spiro atoms. The predicted octanol–water partition coefficient (Wildman–Crippen LogP) is 3.56.